The molecule has 0 saturated heterocycles. The average Bonchev–Trinajstić information content (AvgIpc) is 2.63. The van der Waals surface area contributed by atoms with Crippen molar-refractivity contribution in [2.24, 2.45) is 0 Å². The normalized spacial score (nSPS) is 10.8. The van der Waals surface area contributed by atoms with Gasteiger partial charge in [-0.3, -0.25) is 0 Å². The van der Waals surface area contributed by atoms with Gasteiger partial charge in [0.05, 0.1) is 26.4 Å². The molecule has 1 rings (SSSR count). The van der Waals surface area contributed by atoms with Gasteiger partial charge in [-0.05, 0) is 34.7 Å². The maximum atomic E-state index is 5.39. The van der Waals surface area contributed by atoms with Crippen molar-refractivity contribution in [3.63, 3.8) is 0 Å². The van der Waals surface area contributed by atoms with Crippen molar-refractivity contribution < 1.29 is 13.9 Å². The lowest BCUT2D eigenvalue weighted by atomic mass is 10.4. The number of rotatable bonds is 8. The Hall–Kier alpha value is -0.110. The van der Waals surface area contributed by atoms with E-state index in [0.717, 1.165) is 22.6 Å². The molecule has 0 spiro atoms. The molecule has 0 aliphatic heterocycles. The van der Waals surface area contributed by atoms with Crippen LogP contribution in [0.25, 0.3) is 0 Å². The van der Waals surface area contributed by atoms with Gasteiger partial charge >= 0.3 is 0 Å². The van der Waals surface area contributed by atoms with Crippen LogP contribution in [0.15, 0.2) is 16.5 Å². The number of hydrogen-bond acceptors (Lipinski definition) is 4. The lowest BCUT2D eigenvalue weighted by Crippen LogP contribution is -2.19. The fraction of sp³-hybridized carbons (Fsp3) is 0.600. The number of ether oxygens (including phenoxy) is 2. The molecule has 0 bridgehead atoms. The molecule has 1 aromatic rings. The van der Waals surface area contributed by atoms with Gasteiger partial charge in [0.15, 0.2) is 3.77 Å². The van der Waals surface area contributed by atoms with Crippen molar-refractivity contribution in [3.8, 4) is 0 Å². The Morgan fingerprint density at radius 3 is 2.87 bits per heavy atom. The van der Waals surface area contributed by atoms with Gasteiger partial charge in [-0.25, -0.2) is 0 Å². The quantitative estimate of drug-likeness (QED) is 0.583. The highest BCUT2D eigenvalue weighted by molar-refractivity contribution is 14.1. The Morgan fingerprint density at radius 1 is 1.33 bits per heavy atom. The SMILES string of the molecule is COCCOCCNCc1ccc(I)o1. The van der Waals surface area contributed by atoms with Crippen LogP contribution in [0.3, 0.4) is 0 Å². The summed E-state index contributed by atoms with van der Waals surface area (Å²) in [7, 11) is 1.67. The van der Waals surface area contributed by atoms with Crippen LogP contribution in [-0.2, 0) is 16.0 Å². The zero-order chi connectivity index (χ0) is 10.9. The highest BCUT2D eigenvalue weighted by atomic mass is 127. The van der Waals surface area contributed by atoms with Gasteiger partial charge in [0.1, 0.15) is 5.76 Å². The van der Waals surface area contributed by atoms with Gasteiger partial charge < -0.3 is 19.2 Å². The minimum absolute atomic E-state index is 0.649. The van der Waals surface area contributed by atoms with E-state index in [9.17, 15) is 0 Å². The molecule has 0 amide bonds. The fourth-order valence-electron chi connectivity index (χ4n) is 1.05. The van der Waals surface area contributed by atoms with Gasteiger partial charge in [0.25, 0.3) is 0 Å². The first-order valence-corrected chi connectivity index (χ1v) is 5.92. The largest absolute Gasteiger partial charge is 0.454 e. The van der Waals surface area contributed by atoms with Gasteiger partial charge in [-0.2, -0.15) is 0 Å². The molecule has 1 heterocycles. The summed E-state index contributed by atoms with van der Waals surface area (Å²) in [6, 6.07) is 3.92. The average molecular weight is 325 g/mol. The molecule has 0 saturated carbocycles. The molecule has 1 N–H and O–H groups in total. The van der Waals surface area contributed by atoms with E-state index in [1.807, 2.05) is 12.1 Å². The summed E-state index contributed by atoms with van der Waals surface area (Å²) in [6.07, 6.45) is 0. The molecular weight excluding hydrogens is 309 g/mol. The van der Waals surface area contributed by atoms with Crippen LogP contribution in [0.1, 0.15) is 5.76 Å². The van der Waals surface area contributed by atoms with Gasteiger partial charge in [-0.1, -0.05) is 0 Å². The Balaban J connectivity index is 1.93. The van der Waals surface area contributed by atoms with Crippen molar-refractivity contribution in [2.75, 3.05) is 33.5 Å². The molecule has 5 heteroatoms. The summed E-state index contributed by atoms with van der Waals surface area (Å²) >= 11 is 2.15. The molecule has 0 radical (unpaired) electrons. The summed E-state index contributed by atoms with van der Waals surface area (Å²) in [5.74, 6) is 0.955. The molecule has 1 aromatic heterocycles. The van der Waals surface area contributed by atoms with Crippen LogP contribution in [0.4, 0.5) is 0 Å². The van der Waals surface area contributed by atoms with Gasteiger partial charge in [0, 0.05) is 13.7 Å². The van der Waals surface area contributed by atoms with E-state index in [-0.39, 0.29) is 0 Å². The molecule has 0 aliphatic carbocycles. The highest BCUT2D eigenvalue weighted by Gasteiger charge is 1.97. The Kier molecular flexibility index (Phi) is 6.99. The molecule has 0 unspecified atom stereocenters. The summed E-state index contributed by atoms with van der Waals surface area (Å²) in [4.78, 5) is 0. The van der Waals surface area contributed by atoms with E-state index in [4.69, 9.17) is 13.9 Å². The molecule has 15 heavy (non-hydrogen) atoms. The van der Waals surface area contributed by atoms with E-state index in [1.54, 1.807) is 7.11 Å². The predicted molar refractivity (Wildman–Crippen MR) is 65.8 cm³/mol. The summed E-state index contributed by atoms with van der Waals surface area (Å²) in [6.45, 7) is 3.56. The van der Waals surface area contributed by atoms with Gasteiger partial charge in [0.2, 0.25) is 0 Å². The second-order valence-corrected chi connectivity index (χ2v) is 4.05. The molecule has 0 aliphatic rings. The number of nitrogens with one attached hydrogen (secondary N) is 1. The summed E-state index contributed by atoms with van der Waals surface area (Å²) < 4.78 is 16.5. The van der Waals surface area contributed by atoms with Crippen molar-refractivity contribution in [1.29, 1.82) is 0 Å². The van der Waals surface area contributed by atoms with E-state index in [1.165, 1.54) is 0 Å². The smallest absolute Gasteiger partial charge is 0.164 e. The first-order valence-electron chi connectivity index (χ1n) is 4.84. The topological polar surface area (TPSA) is 43.6 Å². The van der Waals surface area contributed by atoms with Gasteiger partial charge in [-0.15, -0.1) is 0 Å². The zero-order valence-corrected chi connectivity index (χ0v) is 11.0. The monoisotopic (exact) mass is 325 g/mol. The fourth-order valence-corrected chi connectivity index (χ4v) is 1.51. The predicted octanol–water partition coefficient (Wildman–Crippen LogP) is 1.64. The second kappa shape index (κ2) is 8.09. The van der Waals surface area contributed by atoms with E-state index >= 15 is 0 Å². The third kappa shape index (κ3) is 6.14. The second-order valence-electron chi connectivity index (χ2n) is 2.99. The van der Waals surface area contributed by atoms with E-state index < -0.39 is 0 Å². The Labute approximate surface area is 103 Å². The number of furan rings is 1. The number of hydrogen-bond donors (Lipinski definition) is 1. The first kappa shape index (κ1) is 13.0. The van der Waals surface area contributed by atoms with Crippen LogP contribution in [0, 0.1) is 3.77 Å². The third-order valence-electron chi connectivity index (χ3n) is 1.78. The molecular formula is C10H16INO3. The highest BCUT2D eigenvalue weighted by Crippen LogP contribution is 2.09. The molecule has 4 nitrogen and oxygen atoms in total. The minimum atomic E-state index is 0.649. The van der Waals surface area contributed by atoms with Crippen LogP contribution in [0.2, 0.25) is 0 Å². The summed E-state index contributed by atoms with van der Waals surface area (Å²) in [5, 5.41) is 3.23. The van der Waals surface area contributed by atoms with Crippen LogP contribution in [0.5, 0.6) is 0 Å². The van der Waals surface area contributed by atoms with Crippen LogP contribution < -0.4 is 5.32 Å². The van der Waals surface area contributed by atoms with Crippen molar-refractivity contribution >= 4 is 22.6 Å². The van der Waals surface area contributed by atoms with Crippen molar-refractivity contribution in [2.45, 2.75) is 6.54 Å². The minimum Gasteiger partial charge on any atom is -0.454 e. The lowest BCUT2D eigenvalue weighted by molar-refractivity contribution is 0.0717. The van der Waals surface area contributed by atoms with Crippen LogP contribution in [-0.4, -0.2) is 33.5 Å². The summed E-state index contributed by atoms with van der Waals surface area (Å²) in [5.41, 5.74) is 0. The third-order valence-corrected chi connectivity index (χ3v) is 2.36. The van der Waals surface area contributed by atoms with Crippen molar-refractivity contribution in [1.82, 2.24) is 5.32 Å². The first-order chi connectivity index (χ1) is 7.33. The number of halogens is 1. The lowest BCUT2D eigenvalue weighted by Gasteiger charge is -2.04. The molecule has 86 valence electrons. The van der Waals surface area contributed by atoms with E-state index in [2.05, 4.69) is 27.9 Å². The number of methoxy groups -OCH3 is 1. The molecule has 0 atom stereocenters. The van der Waals surface area contributed by atoms with E-state index in [0.29, 0.717) is 19.8 Å². The molecule has 0 aromatic carbocycles. The maximum Gasteiger partial charge on any atom is 0.164 e. The Morgan fingerprint density at radius 2 is 2.20 bits per heavy atom. The van der Waals surface area contributed by atoms with Crippen molar-refractivity contribution in [3.05, 3.63) is 21.7 Å². The van der Waals surface area contributed by atoms with Crippen LogP contribution >= 0.6 is 22.6 Å². The maximum absolute atomic E-state index is 5.39. The zero-order valence-electron chi connectivity index (χ0n) is 8.79. The standard InChI is InChI=1S/C10H16INO3/c1-13-6-7-14-5-4-12-8-9-2-3-10(11)15-9/h2-3,12H,4-8H2,1H3. The molecule has 0 fully saturated rings. The Bertz CT molecular complexity index is 265.